The van der Waals surface area contributed by atoms with Crippen molar-refractivity contribution in [2.75, 3.05) is 0 Å². The molecular formula is C10H13FN2. The van der Waals surface area contributed by atoms with Crippen LogP contribution in [0.4, 0.5) is 4.39 Å². The zero-order valence-corrected chi connectivity index (χ0v) is 8.06. The minimum Gasteiger partial charge on any atom is -0.343 e. The highest BCUT2D eigenvalue weighted by molar-refractivity contribution is 5.76. The third-order valence-electron chi connectivity index (χ3n) is 1.62. The Hall–Kier alpha value is -1.38. The number of hydrogen-bond donors (Lipinski definition) is 1. The lowest BCUT2D eigenvalue weighted by Crippen LogP contribution is -1.78. The van der Waals surface area contributed by atoms with E-state index in [1.165, 1.54) is 6.20 Å². The van der Waals surface area contributed by atoms with Gasteiger partial charge in [0, 0.05) is 12.4 Å². The van der Waals surface area contributed by atoms with Crippen LogP contribution in [0.15, 0.2) is 18.5 Å². The van der Waals surface area contributed by atoms with Crippen molar-refractivity contribution in [3.05, 3.63) is 29.8 Å². The SMILES string of the molecule is CC.Cc1cnc2[nH]cc(F)c2c1. The third kappa shape index (κ3) is 1.86. The Morgan fingerprint density at radius 2 is 2.08 bits per heavy atom. The molecule has 0 saturated carbocycles. The number of aryl methyl sites for hydroxylation is 1. The molecule has 3 heteroatoms. The molecule has 0 radical (unpaired) electrons. The molecule has 0 bridgehead atoms. The molecule has 2 heterocycles. The lowest BCUT2D eigenvalue weighted by molar-refractivity contribution is 0.639. The summed E-state index contributed by atoms with van der Waals surface area (Å²) < 4.78 is 12.9. The van der Waals surface area contributed by atoms with Crippen molar-refractivity contribution < 1.29 is 4.39 Å². The number of aromatic nitrogens is 2. The molecule has 13 heavy (non-hydrogen) atoms. The van der Waals surface area contributed by atoms with Crippen LogP contribution in [0.25, 0.3) is 11.0 Å². The van der Waals surface area contributed by atoms with Gasteiger partial charge in [0.25, 0.3) is 0 Å². The molecule has 0 aliphatic carbocycles. The fourth-order valence-corrected chi connectivity index (χ4v) is 1.08. The van der Waals surface area contributed by atoms with Crippen LogP contribution in [0.5, 0.6) is 0 Å². The van der Waals surface area contributed by atoms with Gasteiger partial charge in [-0.15, -0.1) is 0 Å². The first kappa shape index (κ1) is 9.71. The van der Waals surface area contributed by atoms with Crippen molar-refractivity contribution >= 4 is 11.0 Å². The summed E-state index contributed by atoms with van der Waals surface area (Å²) in [5.41, 5.74) is 1.57. The molecule has 0 aliphatic rings. The van der Waals surface area contributed by atoms with Gasteiger partial charge in [0.15, 0.2) is 0 Å². The van der Waals surface area contributed by atoms with Crippen LogP contribution >= 0.6 is 0 Å². The van der Waals surface area contributed by atoms with E-state index >= 15 is 0 Å². The Morgan fingerprint density at radius 1 is 1.38 bits per heavy atom. The lowest BCUT2D eigenvalue weighted by Gasteiger charge is -1.90. The fraction of sp³-hybridized carbons (Fsp3) is 0.300. The van der Waals surface area contributed by atoms with Gasteiger partial charge >= 0.3 is 0 Å². The van der Waals surface area contributed by atoms with Gasteiger partial charge in [-0.2, -0.15) is 0 Å². The Balaban J connectivity index is 0.000000396. The van der Waals surface area contributed by atoms with Crippen LogP contribution in [0, 0.1) is 12.7 Å². The van der Waals surface area contributed by atoms with E-state index in [0.717, 1.165) is 5.56 Å². The summed E-state index contributed by atoms with van der Waals surface area (Å²) in [6, 6.07) is 1.77. The molecule has 2 aromatic rings. The average molecular weight is 180 g/mol. The van der Waals surface area contributed by atoms with Crippen molar-refractivity contribution in [2.24, 2.45) is 0 Å². The van der Waals surface area contributed by atoms with E-state index in [-0.39, 0.29) is 5.82 Å². The topological polar surface area (TPSA) is 28.7 Å². The maximum absolute atomic E-state index is 12.9. The largest absolute Gasteiger partial charge is 0.343 e. The van der Waals surface area contributed by atoms with Gasteiger partial charge in [-0.1, -0.05) is 13.8 Å². The van der Waals surface area contributed by atoms with Gasteiger partial charge in [-0.25, -0.2) is 9.37 Å². The Morgan fingerprint density at radius 3 is 2.77 bits per heavy atom. The van der Waals surface area contributed by atoms with E-state index in [0.29, 0.717) is 11.0 Å². The minimum absolute atomic E-state index is 0.240. The third-order valence-corrected chi connectivity index (χ3v) is 1.62. The quantitative estimate of drug-likeness (QED) is 0.663. The molecule has 1 N–H and O–H groups in total. The van der Waals surface area contributed by atoms with E-state index < -0.39 is 0 Å². The second-order valence-electron chi connectivity index (χ2n) is 2.55. The van der Waals surface area contributed by atoms with Gasteiger partial charge < -0.3 is 4.98 Å². The molecule has 0 aliphatic heterocycles. The maximum Gasteiger partial charge on any atom is 0.150 e. The molecule has 2 nitrogen and oxygen atoms in total. The van der Waals surface area contributed by atoms with E-state index in [1.54, 1.807) is 12.3 Å². The standard InChI is InChI=1S/C8H7FN2.C2H6/c1-5-2-6-7(9)4-11-8(6)10-3-5;1-2/h2-4H,1H3,(H,10,11);1-2H3. The first-order chi connectivity index (χ1) is 6.27. The maximum atomic E-state index is 12.9. The number of H-pyrrole nitrogens is 1. The molecule has 0 amide bonds. The number of pyridine rings is 1. The summed E-state index contributed by atoms with van der Waals surface area (Å²) in [6.45, 7) is 5.89. The molecule has 70 valence electrons. The number of hydrogen-bond acceptors (Lipinski definition) is 1. The average Bonchev–Trinajstić information content (AvgIpc) is 2.52. The van der Waals surface area contributed by atoms with Crippen LogP contribution in [-0.2, 0) is 0 Å². The van der Waals surface area contributed by atoms with Gasteiger partial charge in [0.05, 0.1) is 5.39 Å². The number of aromatic amines is 1. The zero-order valence-electron chi connectivity index (χ0n) is 8.06. The predicted molar refractivity (Wildman–Crippen MR) is 52.1 cm³/mol. The molecule has 0 saturated heterocycles. The van der Waals surface area contributed by atoms with E-state index in [2.05, 4.69) is 9.97 Å². The lowest BCUT2D eigenvalue weighted by atomic mass is 10.2. The molecule has 0 unspecified atom stereocenters. The van der Waals surface area contributed by atoms with Crippen molar-refractivity contribution in [2.45, 2.75) is 20.8 Å². The summed E-state index contributed by atoms with van der Waals surface area (Å²) in [6.07, 6.45) is 3.02. The number of nitrogens with one attached hydrogen (secondary N) is 1. The summed E-state index contributed by atoms with van der Waals surface area (Å²) in [5.74, 6) is -0.240. The van der Waals surface area contributed by atoms with E-state index in [9.17, 15) is 4.39 Å². The molecule has 0 spiro atoms. The fourth-order valence-electron chi connectivity index (χ4n) is 1.08. The summed E-state index contributed by atoms with van der Waals surface area (Å²) in [7, 11) is 0. The van der Waals surface area contributed by atoms with Crippen molar-refractivity contribution in [3.63, 3.8) is 0 Å². The van der Waals surface area contributed by atoms with E-state index in [1.807, 2.05) is 20.8 Å². The van der Waals surface area contributed by atoms with Crippen LogP contribution in [0.2, 0.25) is 0 Å². The molecule has 0 atom stereocenters. The number of halogens is 1. The Labute approximate surface area is 76.8 Å². The molecular weight excluding hydrogens is 167 g/mol. The first-order valence-electron chi connectivity index (χ1n) is 4.36. The van der Waals surface area contributed by atoms with Crippen LogP contribution in [0.3, 0.4) is 0 Å². The summed E-state index contributed by atoms with van der Waals surface area (Å²) in [5, 5.41) is 0.560. The monoisotopic (exact) mass is 180 g/mol. The van der Waals surface area contributed by atoms with Crippen LogP contribution in [-0.4, -0.2) is 9.97 Å². The zero-order chi connectivity index (χ0) is 9.84. The van der Waals surface area contributed by atoms with Crippen LogP contribution in [0.1, 0.15) is 19.4 Å². The second kappa shape index (κ2) is 4.03. The predicted octanol–water partition coefficient (Wildman–Crippen LogP) is 3.04. The first-order valence-corrected chi connectivity index (χ1v) is 4.36. The van der Waals surface area contributed by atoms with Gasteiger partial charge in [0.2, 0.25) is 0 Å². The molecule has 2 aromatic heterocycles. The normalized spacial score (nSPS) is 9.54. The minimum atomic E-state index is -0.240. The Kier molecular flexibility index (Phi) is 3.01. The van der Waals surface area contributed by atoms with Crippen molar-refractivity contribution in [1.82, 2.24) is 9.97 Å². The summed E-state index contributed by atoms with van der Waals surface area (Å²) >= 11 is 0. The highest BCUT2D eigenvalue weighted by atomic mass is 19.1. The van der Waals surface area contributed by atoms with Gasteiger partial charge in [0.1, 0.15) is 11.5 Å². The molecule has 2 rings (SSSR count). The molecule has 0 fully saturated rings. The smallest absolute Gasteiger partial charge is 0.150 e. The highest BCUT2D eigenvalue weighted by Gasteiger charge is 2.02. The highest BCUT2D eigenvalue weighted by Crippen LogP contribution is 2.14. The van der Waals surface area contributed by atoms with E-state index in [4.69, 9.17) is 0 Å². The summed E-state index contributed by atoms with van der Waals surface area (Å²) in [4.78, 5) is 6.73. The van der Waals surface area contributed by atoms with Gasteiger partial charge in [-0.05, 0) is 18.6 Å². The second-order valence-corrected chi connectivity index (χ2v) is 2.55. The number of nitrogens with zero attached hydrogens (tertiary/aromatic N) is 1. The van der Waals surface area contributed by atoms with Crippen LogP contribution < -0.4 is 0 Å². The number of rotatable bonds is 0. The Bertz CT molecular complexity index is 393. The van der Waals surface area contributed by atoms with Crippen molar-refractivity contribution in [3.8, 4) is 0 Å². The van der Waals surface area contributed by atoms with Gasteiger partial charge in [-0.3, -0.25) is 0 Å². The number of fused-ring (bicyclic) bond motifs is 1. The van der Waals surface area contributed by atoms with Crippen molar-refractivity contribution in [1.29, 1.82) is 0 Å². The molecule has 0 aromatic carbocycles.